The Morgan fingerprint density at radius 2 is 2.04 bits per heavy atom. The Kier molecular flexibility index (Phi) is 4.97. The molecule has 6 N–H and O–H groups in total. The van der Waals surface area contributed by atoms with E-state index in [2.05, 4.69) is 53.1 Å². The third-order valence-corrected chi connectivity index (χ3v) is 5.50. The maximum Gasteiger partial charge on any atom is 0.280 e. The standard InChI is InChI=1S/C13H18ClIN8O/c14-8-10(17)20-9(16)7(19-8)11(24)21-12-18-5-13(22-12)1-3-23(6-15)4-2-13/h1-6H2,(H4,16,17,20)(H2,18,21,22,24). The maximum atomic E-state index is 12.3. The zero-order valence-corrected chi connectivity index (χ0v) is 15.8. The summed E-state index contributed by atoms with van der Waals surface area (Å²) in [7, 11) is 0. The van der Waals surface area contributed by atoms with E-state index < -0.39 is 5.91 Å². The molecule has 0 saturated carbocycles. The fraction of sp³-hybridized carbons (Fsp3) is 0.538. The van der Waals surface area contributed by atoms with Crippen molar-refractivity contribution in [3.63, 3.8) is 0 Å². The molecular formula is C13H18ClIN8O. The first-order valence-corrected chi connectivity index (χ1v) is 9.33. The van der Waals surface area contributed by atoms with Crippen LogP contribution in [-0.2, 0) is 0 Å². The highest BCUT2D eigenvalue weighted by molar-refractivity contribution is 14.1. The lowest BCUT2D eigenvalue weighted by Crippen LogP contribution is -2.56. The van der Waals surface area contributed by atoms with Gasteiger partial charge in [0.1, 0.15) is 0 Å². The van der Waals surface area contributed by atoms with Gasteiger partial charge in [0.05, 0.1) is 16.6 Å². The number of guanidine groups is 1. The number of hydrogen-bond donors (Lipinski definition) is 4. The highest BCUT2D eigenvalue weighted by Gasteiger charge is 2.38. The minimum atomic E-state index is -0.519. The summed E-state index contributed by atoms with van der Waals surface area (Å²) in [5.74, 6) is -0.173. The smallest absolute Gasteiger partial charge is 0.280 e. The quantitative estimate of drug-likeness (QED) is 0.279. The molecule has 0 unspecified atom stereocenters. The van der Waals surface area contributed by atoms with Crippen LogP contribution >= 0.6 is 34.2 Å². The van der Waals surface area contributed by atoms with Gasteiger partial charge in [-0.25, -0.2) is 9.97 Å². The van der Waals surface area contributed by atoms with Crippen molar-refractivity contribution in [3.8, 4) is 0 Å². The van der Waals surface area contributed by atoms with Gasteiger partial charge in [0.2, 0.25) is 0 Å². The molecule has 1 spiro atoms. The van der Waals surface area contributed by atoms with E-state index in [9.17, 15) is 4.79 Å². The van der Waals surface area contributed by atoms with E-state index in [1.165, 1.54) is 0 Å². The predicted molar refractivity (Wildman–Crippen MR) is 101 cm³/mol. The van der Waals surface area contributed by atoms with Gasteiger partial charge in [-0.3, -0.25) is 20.0 Å². The van der Waals surface area contributed by atoms with E-state index in [-0.39, 0.29) is 28.0 Å². The van der Waals surface area contributed by atoms with Crippen LogP contribution in [-0.4, -0.2) is 56.5 Å². The van der Waals surface area contributed by atoms with Crippen molar-refractivity contribution in [1.29, 1.82) is 0 Å². The van der Waals surface area contributed by atoms with Gasteiger partial charge in [0.15, 0.2) is 28.4 Å². The minimum Gasteiger partial charge on any atom is -0.382 e. The first-order chi connectivity index (χ1) is 11.4. The zero-order valence-electron chi connectivity index (χ0n) is 12.9. The Morgan fingerprint density at radius 1 is 1.33 bits per heavy atom. The van der Waals surface area contributed by atoms with Crippen LogP contribution in [0.3, 0.4) is 0 Å². The summed E-state index contributed by atoms with van der Waals surface area (Å²) in [5.41, 5.74) is 11.1. The number of halogens is 2. The molecular weight excluding hydrogens is 447 g/mol. The average Bonchev–Trinajstić information content (AvgIpc) is 2.94. The van der Waals surface area contributed by atoms with Crippen molar-refractivity contribution >= 4 is 57.7 Å². The highest BCUT2D eigenvalue weighted by Crippen LogP contribution is 2.26. The van der Waals surface area contributed by atoms with Crippen molar-refractivity contribution in [2.75, 3.05) is 35.7 Å². The number of aromatic nitrogens is 2. The lowest BCUT2D eigenvalue weighted by molar-refractivity contribution is 0.0971. The number of nitrogens with two attached hydrogens (primary N) is 2. The Balaban J connectivity index is 1.64. The van der Waals surface area contributed by atoms with Crippen LogP contribution in [0.2, 0.25) is 5.15 Å². The molecule has 24 heavy (non-hydrogen) atoms. The van der Waals surface area contributed by atoms with E-state index >= 15 is 0 Å². The molecule has 2 aliphatic heterocycles. The molecule has 0 radical (unpaired) electrons. The molecule has 130 valence electrons. The fourth-order valence-corrected chi connectivity index (χ4v) is 3.60. The molecule has 1 saturated heterocycles. The lowest BCUT2D eigenvalue weighted by atomic mass is 9.88. The number of carbonyl (C=O) groups excluding carboxylic acids is 1. The zero-order chi connectivity index (χ0) is 17.3. The number of nitrogens with zero attached hydrogens (tertiary/aromatic N) is 4. The van der Waals surface area contributed by atoms with Crippen LogP contribution < -0.4 is 22.1 Å². The van der Waals surface area contributed by atoms with Gasteiger partial charge < -0.3 is 16.8 Å². The van der Waals surface area contributed by atoms with Crippen LogP contribution in [0.5, 0.6) is 0 Å². The lowest BCUT2D eigenvalue weighted by Gasteiger charge is -2.38. The second kappa shape index (κ2) is 6.84. The summed E-state index contributed by atoms with van der Waals surface area (Å²) in [5, 5.41) is 5.96. The molecule has 1 amide bonds. The second-order valence-electron chi connectivity index (χ2n) is 5.90. The molecule has 1 aromatic rings. The number of aliphatic imine (C=N–C) groups is 1. The van der Waals surface area contributed by atoms with Crippen LogP contribution in [0, 0.1) is 0 Å². The Morgan fingerprint density at radius 3 is 2.71 bits per heavy atom. The number of carbonyl (C=O) groups is 1. The Labute approximate surface area is 157 Å². The van der Waals surface area contributed by atoms with Gasteiger partial charge in [-0.05, 0) is 12.8 Å². The number of hydrogen-bond acceptors (Lipinski definition) is 8. The van der Waals surface area contributed by atoms with Crippen LogP contribution in [0.4, 0.5) is 11.6 Å². The summed E-state index contributed by atoms with van der Waals surface area (Å²) < 4.78 is 1.02. The molecule has 0 atom stereocenters. The monoisotopic (exact) mass is 464 g/mol. The molecule has 3 heterocycles. The molecule has 1 aromatic heterocycles. The van der Waals surface area contributed by atoms with Crippen molar-refractivity contribution in [2.45, 2.75) is 18.4 Å². The summed E-state index contributed by atoms with van der Waals surface area (Å²) in [4.78, 5) is 26.8. The number of alkyl halides is 1. The third kappa shape index (κ3) is 3.49. The number of anilines is 2. The van der Waals surface area contributed by atoms with Crippen molar-refractivity contribution in [2.24, 2.45) is 4.99 Å². The molecule has 0 aromatic carbocycles. The largest absolute Gasteiger partial charge is 0.382 e. The van der Waals surface area contributed by atoms with E-state index in [1.807, 2.05) is 0 Å². The van der Waals surface area contributed by atoms with E-state index in [0.29, 0.717) is 12.5 Å². The van der Waals surface area contributed by atoms with E-state index in [1.54, 1.807) is 0 Å². The van der Waals surface area contributed by atoms with Gasteiger partial charge in [-0.1, -0.05) is 34.2 Å². The number of nitrogen functional groups attached to an aromatic ring is 2. The summed E-state index contributed by atoms with van der Waals surface area (Å²) >= 11 is 8.17. The SMILES string of the molecule is Nc1nc(N)c(C(=O)NC2=NCC3(CCN(CI)CC3)N2)nc1Cl. The van der Waals surface area contributed by atoms with Gasteiger partial charge in [0.25, 0.3) is 5.91 Å². The van der Waals surface area contributed by atoms with Gasteiger partial charge >= 0.3 is 0 Å². The highest BCUT2D eigenvalue weighted by atomic mass is 127. The fourth-order valence-electron chi connectivity index (χ4n) is 2.79. The maximum absolute atomic E-state index is 12.3. The number of rotatable bonds is 2. The number of likely N-dealkylation sites (tertiary alicyclic amines) is 1. The van der Waals surface area contributed by atoms with Crippen LogP contribution in [0.1, 0.15) is 23.3 Å². The van der Waals surface area contributed by atoms with Gasteiger partial charge in [-0.15, -0.1) is 0 Å². The first-order valence-electron chi connectivity index (χ1n) is 7.43. The molecule has 9 nitrogen and oxygen atoms in total. The Bertz CT molecular complexity index is 689. The van der Waals surface area contributed by atoms with Gasteiger partial charge in [0, 0.05) is 13.1 Å². The third-order valence-electron chi connectivity index (χ3n) is 4.26. The van der Waals surface area contributed by atoms with Crippen molar-refractivity contribution in [3.05, 3.63) is 10.8 Å². The number of amides is 1. The van der Waals surface area contributed by atoms with Crippen molar-refractivity contribution in [1.82, 2.24) is 25.5 Å². The van der Waals surface area contributed by atoms with E-state index in [4.69, 9.17) is 23.1 Å². The molecule has 3 rings (SSSR count). The second-order valence-corrected chi connectivity index (χ2v) is 6.94. The summed E-state index contributed by atoms with van der Waals surface area (Å²) in [6.45, 7) is 2.67. The number of nitrogens with one attached hydrogen (secondary N) is 2. The van der Waals surface area contributed by atoms with Crippen molar-refractivity contribution < 1.29 is 4.79 Å². The average molecular weight is 465 g/mol. The minimum absolute atomic E-state index is 0.0111. The molecule has 1 fully saturated rings. The number of piperidine rings is 1. The first kappa shape index (κ1) is 17.4. The predicted octanol–water partition coefficient (Wildman–Crippen LogP) is 0.210. The molecule has 11 heteroatoms. The van der Waals surface area contributed by atoms with Gasteiger partial charge in [-0.2, -0.15) is 0 Å². The molecule has 0 bridgehead atoms. The van der Waals surface area contributed by atoms with E-state index in [0.717, 1.165) is 30.5 Å². The normalized spacial score (nSPS) is 19.8. The summed E-state index contributed by atoms with van der Waals surface area (Å²) in [6, 6.07) is 0. The molecule has 2 aliphatic rings. The topological polar surface area (TPSA) is 135 Å². The van der Waals surface area contributed by atoms with Crippen LogP contribution in [0.15, 0.2) is 4.99 Å². The Hall–Kier alpha value is -1.40. The summed E-state index contributed by atoms with van der Waals surface area (Å²) in [6.07, 6.45) is 1.96. The molecule has 0 aliphatic carbocycles. The van der Waals surface area contributed by atoms with Crippen LogP contribution in [0.25, 0.3) is 0 Å².